The van der Waals surface area contributed by atoms with Gasteiger partial charge in [-0.3, -0.25) is 9.12 Å². The first-order valence-corrected chi connectivity index (χ1v) is 12.5. The van der Waals surface area contributed by atoms with E-state index in [4.69, 9.17) is 9.15 Å². The van der Waals surface area contributed by atoms with Crippen molar-refractivity contribution in [3.8, 4) is 5.75 Å². The number of rotatable bonds is 7. The van der Waals surface area contributed by atoms with E-state index in [1.54, 1.807) is 41.7 Å². The number of para-hydroxylation sites is 2. The molecule has 0 fully saturated rings. The molecule has 8 nitrogen and oxygen atoms in total. The zero-order chi connectivity index (χ0) is 21.4. The molecule has 1 N–H and O–H groups in total. The quantitative estimate of drug-likeness (QED) is 0.345. The normalized spacial score (nSPS) is 11.9. The summed E-state index contributed by atoms with van der Waals surface area (Å²) >= 11 is 2.98. The minimum absolute atomic E-state index is 0.0881. The van der Waals surface area contributed by atoms with Crippen molar-refractivity contribution in [1.29, 1.82) is 0 Å². The second-order valence-electron chi connectivity index (χ2n) is 6.53. The maximum atomic E-state index is 12.9. The number of nitrogens with one attached hydrogen (secondary N) is 1. The van der Waals surface area contributed by atoms with Crippen LogP contribution in [0.25, 0.3) is 16.1 Å². The fourth-order valence-corrected chi connectivity index (χ4v) is 5.56. The van der Waals surface area contributed by atoms with Crippen LogP contribution < -0.4 is 9.46 Å². The molecule has 11 heteroatoms. The van der Waals surface area contributed by atoms with Crippen LogP contribution in [0.4, 0.5) is 5.69 Å². The Morgan fingerprint density at radius 2 is 2.10 bits per heavy atom. The number of fused-ring (bicyclic) bond motifs is 2. The summed E-state index contributed by atoms with van der Waals surface area (Å²) in [5, 5.41) is 2.44. The summed E-state index contributed by atoms with van der Waals surface area (Å²) in [5.74, 6) is 1.04. The summed E-state index contributed by atoms with van der Waals surface area (Å²) in [4.78, 5) is 9.99. The van der Waals surface area contributed by atoms with E-state index in [1.165, 1.54) is 31.0 Å². The summed E-state index contributed by atoms with van der Waals surface area (Å²) < 4.78 is 41.2. The maximum Gasteiger partial charge on any atom is 0.262 e. The number of thiazole rings is 1. The third-order valence-corrected chi connectivity index (χ3v) is 7.48. The van der Waals surface area contributed by atoms with E-state index in [0.717, 1.165) is 10.7 Å². The lowest BCUT2D eigenvalue weighted by Gasteiger charge is -2.11. The molecule has 5 aromatic rings. The Balaban J connectivity index is 1.36. The molecule has 0 atom stereocenters. The molecule has 0 saturated heterocycles. The molecule has 0 bridgehead atoms. The number of ether oxygens (including phenoxy) is 1. The summed E-state index contributed by atoms with van der Waals surface area (Å²) in [5.41, 5.74) is 2.27. The predicted octanol–water partition coefficient (Wildman–Crippen LogP) is 4.64. The van der Waals surface area contributed by atoms with Crippen LogP contribution in [0.1, 0.15) is 5.69 Å². The zero-order valence-corrected chi connectivity index (χ0v) is 18.6. The third-order valence-electron chi connectivity index (χ3n) is 4.49. The molecular weight excluding hydrogens is 456 g/mol. The number of imidazole rings is 1. The highest BCUT2D eigenvalue weighted by Crippen LogP contribution is 2.30. The number of benzene rings is 2. The van der Waals surface area contributed by atoms with E-state index in [1.807, 2.05) is 22.2 Å². The van der Waals surface area contributed by atoms with Gasteiger partial charge >= 0.3 is 0 Å². The van der Waals surface area contributed by atoms with E-state index in [-0.39, 0.29) is 4.90 Å². The van der Waals surface area contributed by atoms with Crippen LogP contribution in [0.3, 0.4) is 0 Å². The molecule has 2 aromatic carbocycles. The molecule has 0 aliphatic rings. The van der Waals surface area contributed by atoms with Gasteiger partial charge < -0.3 is 9.15 Å². The Bertz CT molecular complexity index is 1460. The van der Waals surface area contributed by atoms with Crippen LogP contribution in [0.2, 0.25) is 0 Å². The number of sulfonamides is 1. The minimum atomic E-state index is -3.82. The first-order valence-electron chi connectivity index (χ1n) is 9.12. The number of nitrogens with zero attached hydrogens (tertiary/aromatic N) is 3. The van der Waals surface area contributed by atoms with E-state index < -0.39 is 10.0 Å². The van der Waals surface area contributed by atoms with Gasteiger partial charge in [0.05, 0.1) is 23.4 Å². The maximum absolute atomic E-state index is 12.9. The van der Waals surface area contributed by atoms with E-state index in [2.05, 4.69) is 14.7 Å². The average Bonchev–Trinajstić information content (AvgIpc) is 3.46. The molecule has 0 aliphatic carbocycles. The van der Waals surface area contributed by atoms with Crippen molar-refractivity contribution < 1.29 is 17.6 Å². The van der Waals surface area contributed by atoms with Crippen LogP contribution in [0.15, 0.2) is 74.8 Å². The van der Waals surface area contributed by atoms with Crippen molar-refractivity contribution in [3.05, 3.63) is 65.9 Å². The zero-order valence-electron chi connectivity index (χ0n) is 16.2. The van der Waals surface area contributed by atoms with Crippen LogP contribution in [0.5, 0.6) is 5.75 Å². The Hall–Kier alpha value is -3.02. The van der Waals surface area contributed by atoms with E-state index >= 15 is 0 Å². The van der Waals surface area contributed by atoms with Gasteiger partial charge in [0.15, 0.2) is 10.5 Å². The molecule has 0 saturated carbocycles. The van der Waals surface area contributed by atoms with Crippen molar-refractivity contribution in [2.75, 3.05) is 11.8 Å². The van der Waals surface area contributed by atoms with Gasteiger partial charge in [0.1, 0.15) is 11.3 Å². The summed E-state index contributed by atoms with van der Waals surface area (Å²) in [6.07, 6.45) is 3.93. The molecule has 0 radical (unpaired) electrons. The van der Waals surface area contributed by atoms with Crippen molar-refractivity contribution >= 4 is 54.9 Å². The SMILES string of the molecule is COc1ccccc1NS(=O)(=O)c1ccc2oc(SCc3cn4ccsc4n3)nc2c1. The van der Waals surface area contributed by atoms with Crippen molar-refractivity contribution in [2.24, 2.45) is 0 Å². The molecule has 5 rings (SSSR count). The Morgan fingerprint density at radius 1 is 1.23 bits per heavy atom. The predicted molar refractivity (Wildman–Crippen MR) is 120 cm³/mol. The fourth-order valence-electron chi connectivity index (χ4n) is 3.03. The highest BCUT2D eigenvalue weighted by molar-refractivity contribution is 7.98. The largest absolute Gasteiger partial charge is 0.495 e. The van der Waals surface area contributed by atoms with E-state index in [9.17, 15) is 8.42 Å². The number of thioether (sulfide) groups is 1. The molecule has 0 spiro atoms. The monoisotopic (exact) mass is 472 g/mol. The molecule has 0 aliphatic heterocycles. The Labute approximate surface area is 185 Å². The van der Waals surface area contributed by atoms with Crippen molar-refractivity contribution in [1.82, 2.24) is 14.4 Å². The van der Waals surface area contributed by atoms with E-state index in [0.29, 0.717) is 33.5 Å². The molecule has 158 valence electrons. The van der Waals surface area contributed by atoms with Gasteiger partial charge in [-0.15, -0.1) is 11.3 Å². The number of hydrogen-bond acceptors (Lipinski definition) is 8. The summed E-state index contributed by atoms with van der Waals surface area (Å²) in [7, 11) is -2.34. The van der Waals surface area contributed by atoms with Crippen molar-refractivity contribution in [3.63, 3.8) is 0 Å². The molecule has 31 heavy (non-hydrogen) atoms. The average molecular weight is 473 g/mol. The number of hydrogen-bond donors (Lipinski definition) is 1. The van der Waals surface area contributed by atoms with Gasteiger partial charge in [-0.05, 0) is 30.3 Å². The van der Waals surface area contributed by atoms with Gasteiger partial charge in [0.25, 0.3) is 15.2 Å². The minimum Gasteiger partial charge on any atom is -0.495 e. The smallest absolute Gasteiger partial charge is 0.262 e. The third kappa shape index (κ3) is 3.99. The number of aromatic nitrogens is 3. The highest BCUT2D eigenvalue weighted by Gasteiger charge is 2.18. The van der Waals surface area contributed by atoms with Crippen LogP contribution >= 0.6 is 23.1 Å². The number of anilines is 1. The standard InChI is InChI=1S/C20H16N4O4S3/c1-27-17-5-3-2-4-15(17)23-31(25,26)14-6-7-18-16(10-14)22-20(28-18)30-12-13-11-24-8-9-29-19(24)21-13/h2-11,23H,12H2,1H3. The van der Waals surface area contributed by atoms with Crippen molar-refractivity contribution in [2.45, 2.75) is 15.9 Å². The summed E-state index contributed by atoms with van der Waals surface area (Å²) in [6, 6.07) is 11.4. The Kier molecular flexibility index (Phi) is 5.08. The molecule has 3 aromatic heterocycles. The molecular formula is C20H16N4O4S3. The fraction of sp³-hybridized carbons (Fsp3) is 0.100. The highest BCUT2D eigenvalue weighted by atomic mass is 32.2. The molecule has 0 amide bonds. The second-order valence-corrected chi connectivity index (χ2v) is 10.0. The van der Waals surface area contributed by atoms with Gasteiger partial charge in [-0.25, -0.2) is 18.4 Å². The lowest BCUT2D eigenvalue weighted by Crippen LogP contribution is -2.13. The lowest BCUT2D eigenvalue weighted by molar-refractivity contribution is 0.417. The topological polar surface area (TPSA) is 98.7 Å². The first-order chi connectivity index (χ1) is 15.0. The van der Waals surface area contributed by atoms with Crippen LogP contribution in [-0.2, 0) is 15.8 Å². The van der Waals surface area contributed by atoms with Gasteiger partial charge in [0.2, 0.25) is 0 Å². The Morgan fingerprint density at radius 3 is 2.94 bits per heavy atom. The summed E-state index contributed by atoms with van der Waals surface area (Å²) in [6.45, 7) is 0. The van der Waals surface area contributed by atoms with Crippen LogP contribution in [-0.4, -0.2) is 29.9 Å². The molecule has 0 unspecified atom stereocenters. The first kappa shape index (κ1) is 19.9. The second kappa shape index (κ2) is 7.91. The van der Waals surface area contributed by atoms with Gasteiger partial charge in [0, 0.05) is 23.5 Å². The van der Waals surface area contributed by atoms with Crippen LogP contribution in [0, 0.1) is 0 Å². The number of methoxy groups -OCH3 is 1. The van der Waals surface area contributed by atoms with Gasteiger partial charge in [-0.1, -0.05) is 23.9 Å². The lowest BCUT2D eigenvalue weighted by atomic mass is 10.3. The molecule has 3 heterocycles. The van der Waals surface area contributed by atoms with Gasteiger partial charge in [-0.2, -0.15) is 0 Å². The number of oxazole rings is 1.